The van der Waals surface area contributed by atoms with Gasteiger partial charge in [-0.3, -0.25) is 0 Å². The molecule has 2 nitrogen and oxygen atoms in total. The normalized spacial score (nSPS) is 10.4. The predicted molar refractivity (Wildman–Crippen MR) is 98.3 cm³/mol. The van der Waals surface area contributed by atoms with Crippen molar-refractivity contribution in [3.63, 3.8) is 0 Å². The molecule has 0 aliphatic heterocycles. The Bertz CT molecular complexity index is 413. The number of para-hydroxylation sites is 1. The molecule has 0 atom stereocenters. The van der Waals surface area contributed by atoms with E-state index in [4.69, 9.17) is 23.8 Å². The summed E-state index contributed by atoms with van der Waals surface area (Å²) in [7, 11) is 0. The fourth-order valence-electron chi connectivity index (χ4n) is 2.18. The van der Waals surface area contributed by atoms with Gasteiger partial charge in [-0.1, -0.05) is 63.3 Å². The number of rotatable bonds is 9. The fourth-order valence-corrected chi connectivity index (χ4v) is 2.65. The van der Waals surface area contributed by atoms with Crippen molar-refractivity contribution in [1.82, 2.24) is 4.90 Å². The van der Waals surface area contributed by atoms with Crippen LogP contribution in [0.3, 0.4) is 0 Å². The Kier molecular flexibility index (Phi) is 9.44. The van der Waals surface area contributed by atoms with Gasteiger partial charge in [-0.25, -0.2) is 0 Å². The topological polar surface area (TPSA) is 15.3 Å². The van der Waals surface area contributed by atoms with Gasteiger partial charge in [0.25, 0.3) is 0 Å². The van der Waals surface area contributed by atoms with Crippen LogP contribution in [0.25, 0.3) is 0 Å². The van der Waals surface area contributed by atoms with Gasteiger partial charge >= 0.3 is 0 Å². The lowest BCUT2D eigenvalue weighted by molar-refractivity contribution is 0.395. The molecule has 118 valence electrons. The highest BCUT2D eigenvalue weighted by atomic mass is 35.5. The zero-order valence-corrected chi connectivity index (χ0v) is 14.8. The average Bonchev–Trinajstić information content (AvgIpc) is 2.48. The van der Waals surface area contributed by atoms with Gasteiger partial charge in [0.2, 0.25) is 0 Å². The van der Waals surface area contributed by atoms with Gasteiger partial charge in [-0.2, -0.15) is 0 Å². The maximum atomic E-state index is 6.19. The molecule has 4 heteroatoms. The lowest BCUT2D eigenvalue weighted by Gasteiger charge is -2.26. The number of nitrogens with zero attached hydrogens (tertiary/aromatic N) is 1. The number of benzene rings is 1. The molecule has 0 saturated carbocycles. The molecule has 1 N–H and O–H groups in total. The number of thiocarbonyl (C=S) groups is 1. The summed E-state index contributed by atoms with van der Waals surface area (Å²) < 4.78 is 0. The minimum atomic E-state index is 0.710. The SMILES string of the molecule is CCCCCN(CCCCC)C(=S)Nc1ccccc1Cl. The lowest BCUT2D eigenvalue weighted by Crippen LogP contribution is -2.36. The summed E-state index contributed by atoms with van der Waals surface area (Å²) in [6.45, 7) is 6.49. The predicted octanol–water partition coefficient (Wildman–Crippen LogP) is 5.72. The molecule has 0 amide bonds. The second-order valence-corrected chi connectivity index (χ2v) is 6.11. The smallest absolute Gasteiger partial charge is 0.173 e. The van der Waals surface area contributed by atoms with E-state index < -0.39 is 0 Å². The standard InChI is InChI=1S/C17H27ClN2S/c1-3-5-9-13-20(14-10-6-4-2)17(21)19-16-12-8-7-11-15(16)18/h7-8,11-12H,3-6,9-10,13-14H2,1-2H3,(H,19,21). The second-order valence-electron chi connectivity index (χ2n) is 5.31. The van der Waals surface area contributed by atoms with Gasteiger partial charge in [0.1, 0.15) is 0 Å². The highest BCUT2D eigenvalue weighted by Crippen LogP contribution is 2.21. The Hall–Kier alpha value is -0.800. The van der Waals surface area contributed by atoms with Crippen molar-refractivity contribution in [3.8, 4) is 0 Å². The quantitative estimate of drug-likeness (QED) is 0.461. The Labute approximate surface area is 139 Å². The molecular formula is C17H27ClN2S. The van der Waals surface area contributed by atoms with Crippen LogP contribution >= 0.6 is 23.8 Å². The Morgan fingerprint density at radius 1 is 1.05 bits per heavy atom. The number of hydrogen-bond donors (Lipinski definition) is 1. The summed E-state index contributed by atoms with van der Waals surface area (Å²) in [6, 6.07) is 7.74. The zero-order valence-electron chi connectivity index (χ0n) is 13.2. The van der Waals surface area contributed by atoms with Crippen LogP contribution in [0.1, 0.15) is 52.4 Å². The van der Waals surface area contributed by atoms with Crippen LogP contribution in [-0.2, 0) is 0 Å². The van der Waals surface area contributed by atoms with E-state index in [1.54, 1.807) is 0 Å². The Balaban J connectivity index is 2.58. The van der Waals surface area contributed by atoms with E-state index >= 15 is 0 Å². The number of unbranched alkanes of at least 4 members (excludes halogenated alkanes) is 4. The molecule has 0 aliphatic carbocycles. The zero-order chi connectivity index (χ0) is 15.5. The lowest BCUT2D eigenvalue weighted by atomic mass is 10.2. The van der Waals surface area contributed by atoms with E-state index in [1.165, 1.54) is 38.5 Å². The van der Waals surface area contributed by atoms with Gasteiger partial charge in [-0.15, -0.1) is 0 Å². The third kappa shape index (κ3) is 7.14. The summed E-state index contributed by atoms with van der Waals surface area (Å²) in [6.07, 6.45) is 7.33. The number of halogens is 1. The van der Waals surface area contributed by atoms with Crippen LogP contribution in [0.4, 0.5) is 5.69 Å². The second kappa shape index (κ2) is 10.9. The van der Waals surface area contributed by atoms with E-state index in [9.17, 15) is 0 Å². The van der Waals surface area contributed by atoms with Crippen molar-refractivity contribution in [3.05, 3.63) is 29.3 Å². The first kappa shape index (κ1) is 18.2. The Morgan fingerprint density at radius 3 is 2.14 bits per heavy atom. The molecule has 1 aromatic carbocycles. The summed E-state index contributed by atoms with van der Waals surface area (Å²) in [4.78, 5) is 2.28. The van der Waals surface area contributed by atoms with Crippen LogP contribution < -0.4 is 5.32 Å². The van der Waals surface area contributed by atoms with Crippen molar-refractivity contribution < 1.29 is 0 Å². The van der Waals surface area contributed by atoms with Gasteiger partial charge in [0, 0.05) is 13.1 Å². The van der Waals surface area contributed by atoms with Crippen LogP contribution in [0.2, 0.25) is 5.02 Å². The maximum absolute atomic E-state index is 6.19. The maximum Gasteiger partial charge on any atom is 0.173 e. The molecule has 1 aromatic rings. The molecule has 0 bridgehead atoms. The molecule has 0 aromatic heterocycles. The minimum Gasteiger partial charge on any atom is -0.349 e. The van der Waals surface area contributed by atoms with Crippen molar-refractivity contribution in [1.29, 1.82) is 0 Å². The van der Waals surface area contributed by atoms with Crippen LogP contribution in [0, 0.1) is 0 Å². The highest BCUT2D eigenvalue weighted by molar-refractivity contribution is 7.80. The third-order valence-electron chi connectivity index (χ3n) is 3.47. The summed E-state index contributed by atoms with van der Waals surface area (Å²) in [5, 5.41) is 4.79. The van der Waals surface area contributed by atoms with E-state index in [2.05, 4.69) is 24.1 Å². The van der Waals surface area contributed by atoms with Crippen molar-refractivity contribution >= 4 is 34.6 Å². The number of nitrogens with one attached hydrogen (secondary N) is 1. The van der Waals surface area contributed by atoms with Crippen molar-refractivity contribution in [2.45, 2.75) is 52.4 Å². The van der Waals surface area contributed by atoms with Gasteiger partial charge < -0.3 is 10.2 Å². The number of anilines is 1. The molecular weight excluding hydrogens is 300 g/mol. The van der Waals surface area contributed by atoms with E-state index in [-0.39, 0.29) is 0 Å². The van der Waals surface area contributed by atoms with Gasteiger partial charge in [-0.05, 0) is 37.2 Å². The highest BCUT2D eigenvalue weighted by Gasteiger charge is 2.10. The van der Waals surface area contributed by atoms with Crippen molar-refractivity contribution in [2.75, 3.05) is 18.4 Å². The van der Waals surface area contributed by atoms with E-state index in [0.29, 0.717) is 5.02 Å². The molecule has 1 rings (SSSR count). The Morgan fingerprint density at radius 2 is 1.62 bits per heavy atom. The summed E-state index contributed by atoms with van der Waals surface area (Å²) in [5.74, 6) is 0. The molecule has 0 spiro atoms. The molecule has 0 heterocycles. The molecule has 0 saturated heterocycles. The van der Waals surface area contributed by atoms with Gasteiger partial charge in [0.15, 0.2) is 5.11 Å². The van der Waals surface area contributed by atoms with Crippen molar-refractivity contribution in [2.24, 2.45) is 0 Å². The summed E-state index contributed by atoms with van der Waals surface area (Å²) >= 11 is 11.8. The fraction of sp³-hybridized carbons (Fsp3) is 0.588. The first-order valence-electron chi connectivity index (χ1n) is 7.99. The largest absolute Gasteiger partial charge is 0.349 e. The number of hydrogen-bond acceptors (Lipinski definition) is 1. The first-order chi connectivity index (χ1) is 10.2. The molecule has 0 radical (unpaired) electrons. The molecule has 0 aliphatic rings. The van der Waals surface area contributed by atoms with Crippen LogP contribution in [-0.4, -0.2) is 23.1 Å². The monoisotopic (exact) mass is 326 g/mol. The van der Waals surface area contributed by atoms with Gasteiger partial charge in [0.05, 0.1) is 10.7 Å². The molecule has 0 unspecified atom stereocenters. The summed E-state index contributed by atoms with van der Waals surface area (Å²) in [5.41, 5.74) is 0.889. The third-order valence-corrected chi connectivity index (χ3v) is 4.16. The average molecular weight is 327 g/mol. The first-order valence-corrected chi connectivity index (χ1v) is 8.78. The minimum absolute atomic E-state index is 0.710. The molecule has 21 heavy (non-hydrogen) atoms. The molecule has 0 fully saturated rings. The van der Waals surface area contributed by atoms with Crippen LogP contribution in [0.15, 0.2) is 24.3 Å². The van der Waals surface area contributed by atoms with E-state index in [0.717, 1.165) is 23.9 Å². The van der Waals surface area contributed by atoms with E-state index in [1.807, 2.05) is 24.3 Å². The van der Waals surface area contributed by atoms with Crippen LogP contribution in [0.5, 0.6) is 0 Å².